The summed E-state index contributed by atoms with van der Waals surface area (Å²) in [6, 6.07) is 5.35. The molecule has 3 amide bonds. The molecule has 200 valence electrons. The van der Waals surface area contributed by atoms with Crippen LogP contribution in [0.2, 0.25) is 0 Å². The summed E-state index contributed by atoms with van der Waals surface area (Å²) in [5, 5.41) is 5.40. The number of benzene rings is 1. The van der Waals surface area contributed by atoms with Gasteiger partial charge >= 0.3 is 12.1 Å². The van der Waals surface area contributed by atoms with Gasteiger partial charge < -0.3 is 25.0 Å². The number of esters is 1. The van der Waals surface area contributed by atoms with Crippen LogP contribution in [0.5, 0.6) is 0 Å². The van der Waals surface area contributed by atoms with Crippen LogP contribution >= 0.6 is 0 Å². The van der Waals surface area contributed by atoms with Gasteiger partial charge in [-0.25, -0.2) is 4.79 Å². The zero-order valence-electron chi connectivity index (χ0n) is 22.6. The van der Waals surface area contributed by atoms with E-state index in [1.807, 2.05) is 45.0 Å². The number of hydrogen-bond donors (Lipinski definition) is 2. The zero-order chi connectivity index (χ0) is 27.0. The van der Waals surface area contributed by atoms with Crippen LogP contribution < -0.4 is 10.6 Å². The SMILES string of the molecule is CCC(C)C(NC(=O)OC(C)(C)C)C(=O)N(C1CCC1)C(C(=O)NCC(=O)OC)c1ccccc1C. The molecule has 0 spiro atoms. The molecule has 0 heterocycles. The number of amides is 3. The summed E-state index contributed by atoms with van der Waals surface area (Å²) in [7, 11) is 1.25. The van der Waals surface area contributed by atoms with Gasteiger partial charge in [-0.15, -0.1) is 0 Å². The summed E-state index contributed by atoms with van der Waals surface area (Å²) in [4.78, 5) is 53.8. The van der Waals surface area contributed by atoms with E-state index in [-0.39, 0.29) is 24.4 Å². The first-order chi connectivity index (χ1) is 16.9. The number of alkyl carbamates (subject to hydrolysis) is 1. The Morgan fingerprint density at radius 1 is 1.14 bits per heavy atom. The maximum Gasteiger partial charge on any atom is 0.408 e. The van der Waals surface area contributed by atoms with E-state index in [0.29, 0.717) is 12.0 Å². The second-order valence-electron chi connectivity index (χ2n) is 10.4. The molecule has 3 atom stereocenters. The van der Waals surface area contributed by atoms with E-state index in [1.165, 1.54) is 7.11 Å². The molecule has 0 saturated heterocycles. The molecule has 0 radical (unpaired) electrons. The van der Waals surface area contributed by atoms with Gasteiger partial charge in [0.15, 0.2) is 0 Å². The molecule has 3 unspecified atom stereocenters. The molecule has 9 heteroatoms. The van der Waals surface area contributed by atoms with Gasteiger partial charge in [0, 0.05) is 6.04 Å². The number of hydrogen-bond acceptors (Lipinski definition) is 6. The largest absolute Gasteiger partial charge is 0.468 e. The van der Waals surface area contributed by atoms with Crippen LogP contribution in [0.25, 0.3) is 0 Å². The van der Waals surface area contributed by atoms with Crippen molar-refractivity contribution < 1.29 is 28.7 Å². The highest BCUT2D eigenvalue weighted by molar-refractivity contribution is 5.93. The summed E-state index contributed by atoms with van der Waals surface area (Å²) in [6.07, 6.45) is 2.38. The van der Waals surface area contributed by atoms with Crippen molar-refractivity contribution in [3.63, 3.8) is 0 Å². The smallest absolute Gasteiger partial charge is 0.408 e. The number of ether oxygens (including phenoxy) is 2. The van der Waals surface area contributed by atoms with Crippen LogP contribution in [0.4, 0.5) is 4.79 Å². The van der Waals surface area contributed by atoms with Crippen molar-refractivity contribution in [1.82, 2.24) is 15.5 Å². The molecule has 2 N–H and O–H groups in total. The highest BCUT2D eigenvalue weighted by Crippen LogP contribution is 2.35. The maximum absolute atomic E-state index is 14.2. The van der Waals surface area contributed by atoms with Crippen LogP contribution in [-0.4, -0.2) is 60.1 Å². The van der Waals surface area contributed by atoms with Crippen molar-refractivity contribution in [3.8, 4) is 0 Å². The lowest BCUT2D eigenvalue weighted by Crippen LogP contribution is -2.59. The number of nitrogens with zero attached hydrogens (tertiary/aromatic N) is 1. The topological polar surface area (TPSA) is 114 Å². The number of rotatable bonds is 10. The fourth-order valence-electron chi connectivity index (χ4n) is 4.10. The Hall–Kier alpha value is -3.10. The standard InChI is InChI=1S/C27H41N3O6/c1-8-17(2)22(29-26(34)36-27(4,5)6)25(33)30(19-13-11-14-19)23(20-15-10-9-12-18(20)3)24(32)28-16-21(31)35-7/h9-10,12,15,17,19,22-23H,8,11,13-14,16H2,1-7H3,(H,28,32)(H,29,34). The van der Waals surface area contributed by atoms with Crippen molar-refractivity contribution in [2.45, 2.75) is 91.0 Å². The van der Waals surface area contributed by atoms with Crippen LogP contribution in [0.1, 0.15) is 77.5 Å². The molecule has 0 bridgehead atoms. The monoisotopic (exact) mass is 503 g/mol. The maximum atomic E-state index is 14.2. The van der Waals surface area contributed by atoms with E-state index in [1.54, 1.807) is 25.7 Å². The Kier molecular flexibility index (Phi) is 10.3. The highest BCUT2D eigenvalue weighted by atomic mass is 16.6. The third kappa shape index (κ3) is 7.70. The first-order valence-corrected chi connectivity index (χ1v) is 12.6. The average Bonchev–Trinajstić information content (AvgIpc) is 2.78. The lowest BCUT2D eigenvalue weighted by molar-refractivity contribution is -0.149. The van der Waals surface area contributed by atoms with Gasteiger partial charge in [0.25, 0.3) is 0 Å². The second-order valence-corrected chi connectivity index (χ2v) is 10.4. The predicted molar refractivity (Wildman–Crippen MR) is 136 cm³/mol. The lowest BCUT2D eigenvalue weighted by Gasteiger charge is -2.44. The molecule has 1 aromatic rings. The fourth-order valence-corrected chi connectivity index (χ4v) is 4.10. The van der Waals surface area contributed by atoms with Crippen molar-refractivity contribution in [3.05, 3.63) is 35.4 Å². The van der Waals surface area contributed by atoms with Gasteiger partial charge in [-0.2, -0.15) is 0 Å². The molecular formula is C27H41N3O6. The molecule has 0 aromatic heterocycles. The van der Waals surface area contributed by atoms with Crippen molar-refractivity contribution in [1.29, 1.82) is 0 Å². The van der Waals surface area contributed by atoms with Crippen LogP contribution in [0.3, 0.4) is 0 Å². The normalized spacial score (nSPS) is 16.1. The molecule has 1 fully saturated rings. The van der Waals surface area contributed by atoms with Crippen molar-refractivity contribution in [2.75, 3.05) is 13.7 Å². The van der Waals surface area contributed by atoms with E-state index < -0.39 is 35.7 Å². The summed E-state index contributed by atoms with van der Waals surface area (Å²) >= 11 is 0. The lowest BCUT2D eigenvalue weighted by atomic mass is 9.86. The van der Waals surface area contributed by atoms with Gasteiger partial charge in [0.2, 0.25) is 11.8 Å². The molecular weight excluding hydrogens is 462 g/mol. The third-order valence-corrected chi connectivity index (χ3v) is 6.52. The molecule has 1 saturated carbocycles. The van der Waals surface area contributed by atoms with Crippen molar-refractivity contribution in [2.24, 2.45) is 5.92 Å². The van der Waals surface area contributed by atoms with Crippen LogP contribution in [-0.2, 0) is 23.9 Å². The fraction of sp³-hybridized carbons (Fsp3) is 0.630. The minimum absolute atomic E-state index is 0.169. The number of carbonyl (C=O) groups excluding carboxylic acids is 4. The van der Waals surface area contributed by atoms with E-state index >= 15 is 0 Å². The minimum atomic E-state index is -0.972. The highest BCUT2D eigenvalue weighted by Gasteiger charge is 2.43. The van der Waals surface area contributed by atoms with E-state index in [4.69, 9.17) is 4.74 Å². The molecule has 1 aliphatic carbocycles. The first kappa shape index (κ1) is 29.1. The number of nitrogens with one attached hydrogen (secondary N) is 2. The minimum Gasteiger partial charge on any atom is -0.468 e. The third-order valence-electron chi connectivity index (χ3n) is 6.52. The Labute approximate surface area is 214 Å². The summed E-state index contributed by atoms with van der Waals surface area (Å²) in [5.41, 5.74) is 0.784. The Morgan fingerprint density at radius 3 is 2.28 bits per heavy atom. The summed E-state index contributed by atoms with van der Waals surface area (Å²) in [6.45, 7) is 10.7. The van der Waals surface area contributed by atoms with E-state index in [9.17, 15) is 19.2 Å². The molecule has 1 aliphatic rings. The molecule has 0 aliphatic heterocycles. The first-order valence-electron chi connectivity index (χ1n) is 12.6. The van der Waals surface area contributed by atoms with Crippen LogP contribution in [0, 0.1) is 12.8 Å². The average molecular weight is 504 g/mol. The quantitative estimate of drug-likeness (QED) is 0.471. The number of methoxy groups -OCH3 is 1. The summed E-state index contributed by atoms with van der Waals surface area (Å²) in [5.74, 6) is -1.61. The van der Waals surface area contributed by atoms with Gasteiger partial charge in [-0.1, -0.05) is 44.5 Å². The Balaban J connectivity index is 2.50. The van der Waals surface area contributed by atoms with Gasteiger partial charge in [0.1, 0.15) is 24.2 Å². The van der Waals surface area contributed by atoms with Gasteiger partial charge in [-0.3, -0.25) is 14.4 Å². The number of aryl methyl sites for hydroxylation is 1. The van der Waals surface area contributed by atoms with Gasteiger partial charge in [-0.05, 0) is 64.0 Å². The predicted octanol–water partition coefficient (Wildman–Crippen LogP) is 3.65. The Morgan fingerprint density at radius 2 is 1.78 bits per heavy atom. The number of carbonyl (C=O) groups is 4. The Bertz CT molecular complexity index is 938. The molecule has 2 rings (SSSR count). The zero-order valence-corrected chi connectivity index (χ0v) is 22.6. The second kappa shape index (κ2) is 12.7. The molecule has 9 nitrogen and oxygen atoms in total. The van der Waals surface area contributed by atoms with Crippen LogP contribution in [0.15, 0.2) is 24.3 Å². The van der Waals surface area contributed by atoms with E-state index in [2.05, 4.69) is 15.4 Å². The van der Waals surface area contributed by atoms with E-state index in [0.717, 1.165) is 24.8 Å². The van der Waals surface area contributed by atoms with Gasteiger partial charge in [0.05, 0.1) is 7.11 Å². The van der Waals surface area contributed by atoms with Crippen molar-refractivity contribution >= 4 is 23.9 Å². The summed E-state index contributed by atoms with van der Waals surface area (Å²) < 4.78 is 10.1. The molecule has 1 aromatic carbocycles. The molecule has 36 heavy (non-hydrogen) atoms.